The maximum atomic E-state index is 14.0. The molecule has 226 valence electrons. The predicted molar refractivity (Wildman–Crippen MR) is 150 cm³/mol. The fourth-order valence-corrected chi connectivity index (χ4v) is 7.06. The summed E-state index contributed by atoms with van der Waals surface area (Å²) in [4.78, 5) is 16.8. The number of hydrazone groups is 1. The quantitative estimate of drug-likeness (QED) is 0.223. The van der Waals surface area contributed by atoms with Crippen LogP contribution >= 0.6 is 7.75 Å². The lowest BCUT2D eigenvalue weighted by molar-refractivity contribution is -0.152. The summed E-state index contributed by atoms with van der Waals surface area (Å²) in [7, 11) is -4.29. The van der Waals surface area contributed by atoms with Crippen molar-refractivity contribution < 1.29 is 38.1 Å². The van der Waals surface area contributed by atoms with Crippen molar-refractivity contribution in [2.24, 2.45) is 15.8 Å². The first-order valence-corrected chi connectivity index (χ1v) is 15.5. The van der Waals surface area contributed by atoms with Gasteiger partial charge in [0.05, 0.1) is 12.3 Å². The minimum atomic E-state index is -4.29. The molecule has 1 aliphatic carbocycles. The summed E-state index contributed by atoms with van der Waals surface area (Å²) in [5, 5.41) is 40.4. The maximum Gasteiger partial charge on any atom is 0.459 e. The molecule has 7 atom stereocenters. The number of aliphatic hydroxyl groups excluding tert-OH is 2. The van der Waals surface area contributed by atoms with E-state index in [0.29, 0.717) is 5.70 Å². The molecule has 5 N–H and O–H groups in total. The molecule has 1 saturated heterocycles. The number of nitrogens with two attached hydrogens (primary N) is 1. The number of benzene rings is 1. The van der Waals surface area contributed by atoms with Gasteiger partial charge in [-0.15, -0.1) is 0 Å². The van der Waals surface area contributed by atoms with E-state index < -0.39 is 56.3 Å². The molecule has 5 rings (SSSR count). The Morgan fingerprint density at radius 2 is 2.05 bits per heavy atom. The number of ether oxygens (including phenoxy) is 2. The first-order valence-electron chi connectivity index (χ1n) is 13.9. The van der Waals surface area contributed by atoms with Crippen LogP contribution < -0.4 is 15.3 Å². The number of nitrogens with zero attached hydrogens (tertiary/aromatic N) is 4. The van der Waals surface area contributed by atoms with Crippen molar-refractivity contribution >= 4 is 25.9 Å². The highest BCUT2D eigenvalue weighted by atomic mass is 31.2. The zero-order valence-corrected chi connectivity index (χ0v) is 24.0. The largest absolute Gasteiger partial charge is 0.461 e. The molecule has 0 bridgehead atoms. The molecule has 3 heterocycles. The van der Waals surface area contributed by atoms with Crippen LogP contribution in [0.3, 0.4) is 0 Å². The highest BCUT2D eigenvalue weighted by molar-refractivity contribution is 7.52. The number of nitriles is 1. The Labute approximate surface area is 243 Å². The number of amidine groups is 1. The van der Waals surface area contributed by atoms with Crippen LogP contribution in [0.2, 0.25) is 0 Å². The number of carbonyl (C=O) groups excluding carboxylic acids is 1. The number of para-hydroxylation sites is 1. The van der Waals surface area contributed by atoms with E-state index in [4.69, 9.17) is 24.3 Å². The molecule has 0 radical (unpaired) electrons. The van der Waals surface area contributed by atoms with E-state index in [1.807, 2.05) is 6.07 Å². The van der Waals surface area contributed by atoms with Gasteiger partial charge in [0.2, 0.25) is 5.60 Å². The Balaban J connectivity index is 1.29. The average Bonchev–Trinajstić information content (AvgIpc) is 3.53. The highest BCUT2D eigenvalue weighted by Gasteiger charge is 2.62. The van der Waals surface area contributed by atoms with E-state index in [-0.39, 0.29) is 24.1 Å². The van der Waals surface area contributed by atoms with E-state index in [1.165, 1.54) is 18.3 Å². The van der Waals surface area contributed by atoms with Gasteiger partial charge in [0, 0.05) is 0 Å². The number of aliphatic imine (C=N–C) groups is 1. The Morgan fingerprint density at radius 1 is 1.31 bits per heavy atom. The summed E-state index contributed by atoms with van der Waals surface area (Å²) < 4.78 is 36.9. The number of carbonyl (C=O) groups is 1. The molecule has 42 heavy (non-hydrogen) atoms. The summed E-state index contributed by atoms with van der Waals surface area (Å²) in [6.07, 6.45) is 2.99. The van der Waals surface area contributed by atoms with Crippen LogP contribution in [0.1, 0.15) is 45.4 Å². The number of hydrogen-bond donors (Lipinski definition) is 4. The Kier molecular flexibility index (Phi) is 8.98. The zero-order chi connectivity index (χ0) is 29.9. The lowest BCUT2D eigenvalue weighted by atomic mass is 9.87. The van der Waals surface area contributed by atoms with E-state index in [1.54, 1.807) is 36.4 Å². The number of rotatable bonds is 10. The molecule has 15 heteroatoms. The topological polar surface area (TPSA) is 201 Å². The van der Waals surface area contributed by atoms with Crippen LogP contribution in [0.15, 0.2) is 52.2 Å². The molecule has 1 aromatic carbocycles. The van der Waals surface area contributed by atoms with E-state index in [2.05, 4.69) is 15.2 Å². The van der Waals surface area contributed by atoms with Crippen LogP contribution in [0, 0.1) is 11.3 Å². The van der Waals surface area contributed by atoms with Gasteiger partial charge in [0.15, 0.2) is 5.84 Å². The predicted octanol–water partition coefficient (Wildman–Crippen LogP) is 1.70. The minimum absolute atomic E-state index is 0.190. The van der Waals surface area contributed by atoms with Crippen molar-refractivity contribution in [1.29, 1.82) is 5.26 Å². The summed E-state index contributed by atoms with van der Waals surface area (Å²) >= 11 is 0. The molecule has 0 spiro atoms. The van der Waals surface area contributed by atoms with Gasteiger partial charge in [-0.1, -0.05) is 30.7 Å². The molecule has 2 unspecified atom stereocenters. The molecule has 14 nitrogen and oxygen atoms in total. The number of esters is 1. The number of fused-ring (bicyclic) bond motifs is 1. The Bertz CT molecular complexity index is 1330. The fraction of sp³-hybridized carbons (Fsp3) is 0.556. The van der Waals surface area contributed by atoms with Crippen molar-refractivity contribution in [2.45, 2.75) is 87.5 Å². The molecule has 0 amide bonds. The fourth-order valence-electron chi connectivity index (χ4n) is 5.56. The monoisotopic (exact) mass is 602 g/mol. The van der Waals surface area contributed by atoms with Gasteiger partial charge in [-0.05, 0) is 51.2 Å². The van der Waals surface area contributed by atoms with Gasteiger partial charge in [0.1, 0.15) is 54.7 Å². The highest BCUT2D eigenvalue weighted by Crippen LogP contribution is 2.47. The van der Waals surface area contributed by atoms with Crippen LogP contribution in [0.25, 0.3) is 0 Å². The van der Waals surface area contributed by atoms with E-state index >= 15 is 0 Å². The van der Waals surface area contributed by atoms with E-state index in [0.717, 1.165) is 32.1 Å². The number of aliphatic hydroxyl groups is 2. The second kappa shape index (κ2) is 12.5. The molecule has 3 aliphatic heterocycles. The Hall–Kier alpha value is -3.31. The van der Waals surface area contributed by atoms with Crippen molar-refractivity contribution in [2.75, 3.05) is 6.61 Å². The molecule has 4 aliphatic rings. The third kappa shape index (κ3) is 6.08. The first-order chi connectivity index (χ1) is 20.2. The lowest BCUT2D eigenvalue weighted by Crippen LogP contribution is -2.56. The normalized spacial score (nSPS) is 31.3. The summed E-state index contributed by atoms with van der Waals surface area (Å²) in [6, 6.07) is 8.32. The molecule has 1 saturated carbocycles. The van der Waals surface area contributed by atoms with Gasteiger partial charge in [-0.25, -0.2) is 9.56 Å². The second-order valence-corrected chi connectivity index (χ2v) is 12.4. The SMILES string of the molecule is C[C@H](NP(=O)(OC[C@H]1O[C@@](C#N)(C2CC=C3C(N)=NC=NN32)[C@H](O)[C@@H]1O)Oc1ccccc1)C(=O)OC1CCCCC1. The van der Waals surface area contributed by atoms with E-state index in [9.17, 15) is 24.8 Å². The molecule has 0 aromatic heterocycles. The van der Waals surface area contributed by atoms with Crippen LogP contribution in [-0.2, 0) is 23.4 Å². The number of nitrogens with one attached hydrogen (secondary N) is 1. The van der Waals surface area contributed by atoms with Crippen LogP contribution in [0.4, 0.5) is 0 Å². The maximum absolute atomic E-state index is 14.0. The lowest BCUT2D eigenvalue weighted by Gasteiger charge is -2.36. The van der Waals surface area contributed by atoms with Gasteiger partial charge in [0.25, 0.3) is 0 Å². The first kappa shape index (κ1) is 30.2. The Morgan fingerprint density at radius 3 is 2.76 bits per heavy atom. The van der Waals surface area contributed by atoms with Crippen LogP contribution in [-0.4, -0.2) is 82.1 Å². The smallest absolute Gasteiger partial charge is 0.459 e. The van der Waals surface area contributed by atoms with Gasteiger partial charge >= 0.3 is 13.7 Å². The molecule has 2 fully saturated rings. The summed E-state index contributed by atoms with van der Waals surface area (Å²) in [5.41, 5.74) is 4.46. The van der Waals surface area contributed by atoms with Crippen molar-refractivity contribution in [1.82, 2.24) is 10.1 Å². The second-order valence-electron chi connectivity index (χ2n) is 10.7. The molecular weight excluding hydrogens is 567 g/mol. The van der Waals surface area contributed by atoms with Gasteiger partial charge in [-0.2, -0.15) is 15.5 Å². The van der Waals surface area contributed by atoms with Crippen molar-refractivity contribution in [3.8, 4) is 11.8 Å². The van der Waals surface area contributed by atoms with Crippen molar-refractivity contribution in [3.63, 3.8) is 0 Å². The van der Waals surface area contributed by atoms with Crippen molar-refractivity contribution in [3.05, 3.63) is 42.1 Å². The third-order valence-electron chi connectivity index (χ3n) is 7.79. The number of hydrogen-bond acceptors (Lipinski definition) is 13. The zero-order valence-electron chi connectivity index (χ0n) is 23.1. The average molecular weight is 603 g/mol. The summed E-state index contributed by atoms with van der Waals surface area (Å²) in [5.74, 6) is -0.213. The molecule has 1 aromatic rings. The molecular formula is C27H35N6O8P. The standard InChI is InChI=1S/C27H35N6O8P/c1-17(26(36)39-18-8-4-2-5-9-18)32-42(37,41-19-10-6-3-7-11-19)38-14-21-23(34)24(35)27(15-28,40-21)22-13-12-20-25(29)30-16-31-33(20)22/h3,6-7,10-12,16-18,21-24,34-35H,2,4-5,8-9,13-14H2,1H3,(H,32,37)(H2,29,30,31)/t17-,21+,22?,23+,24+,27-,42?/m0/s1. The van der Waals surface area contributed by atoms with Gasteiger partial charge < -0.3 is 29.9 Å². The van der Waals surface area contributed by atoms with Crippen LogP contribution in [0.5, 0.6) is 5.75 Å². The van der Waals surface area contributed by atoms with Gasteiger partial charge in [-0.3, -0.25) is 14.3 Å². The summed E-state index contributed by atoms with van der Waals surface area (Å²) in [6.45, 7) is 0.933. The third-order valence-corrected chi connectivity index (χ3v) is 9.43. The minimum Gasteiger partial charge on any atom is -0.461 e.